The first-order valence-corrected chi connectivity index (χ1v) is 8.20. The van der Waals surface area contributed by atoms with Gasteiger partial charge in [0.25, 0.3) is 5.91 Å². The Bertz CT molecular complexity index is 994. The zero-order chi connectivity index (χ0) is 18.7. The van der Waals surface area contributed by atoms with Gasteiger partial charge in [0.05, 0.1) is 0 Å². The van der Waals surface area contributed by atoms with E-state index in [4.69, 9.17) is 4.74 Å². The predicted molar refractivity (Wildman–Crippen MR) is 100 cm³/mol. The van der Waals surface area contributed by atoms with Crippen LogP contribution in [0.25, 0.3) is 10.8 Å². The number of ether oxygens (including phenoxy) is 1. The van der Waals surface area contributed by atoms with Gasteiger partial charge in [0, 0.05) is 11.1 Å². The molecule has 3 aromatic carbocycles. The number of hydrogen-bond acceptors (Lipinski definition) is 4. The van der Waals surface area contributed by atoms with Gasteiger partial charge in [-0.25, -0.2) is 4.79 Å². The Kier molecular flexibility index (Phi) is 4.89. The van der Waals surface area contributed by atoms with Crippen LogP contribution in [0, 0.1) is 13.8 Å². The second kappa shape index (κ2) is 7.27. The van der Waals surface area contributed by atoms with E-state index in [1.54, 1.807) is 24.3 Å². The Morgan fingerprint density at radius 3 is 2.54 bits per heavy atom. The summed E-state index contributed by atoms with van der Waals surface area (Å²) in [6.07, 6.45) is 0. The summed E-state index contributed by atoms with van der Waals surface area (Å²) in [7, 11) is 0. The third kappa shape index (κ3) is 3.67. The minimum atomic E-state index is -0.747. The first-order valence-electron chi connectivity index (χ1n) is 8.20. The maximum Gasteiger partial charge on any atom is 0.342 e. The van der Waals surface area contributed by atoms with Crippen LogP contribution in [-0.4, -0.2) is 23.6 Å². The molecule has 5 nitrogen and oxygen atoms in total. The van der Waals surface area contributed by atoms with Crippen LogP contribution in [0.1, 0.15) is 21.5 Å². The molecule has 0 atom stereocenters. The molecule has 0 aliphatic rings. The van der Waals surface area contributed by atoms with Crippen LogP contribution in [0.5, 0.6) is 5.75 Å². The number of fused-ring (bicyclic) bond motifs is 1. The molecule has 0 radical (unpaired) electrons. The molecule has 3 aromatic rings. The van der Waals surface area contributed by atoms with Gasteiger partial charge in [-0.2, -0.15) is 0 Å². The highest BCUT2D eigenvalue weighted by molar-refractivity contribution is 6.02. The standard InChI is InChI=1S/C21H19NO4/c1-13-7-9-16(11-14(13)2)22-19(23)12-26-21(25)18-10-8-15-5-3-4-6-17(15)20(18)24/h3-11,24H,12H2,1-2H3,(H,22,23). The molecule has 0 aromatic heterocycles. The zero-order valence-corrected chi connectivity index (χ0v) is 14.6. The molecule has 0 spiro atoms. The van der Waals surface area contributed by atoms with Crippen molar-refractivity contribution >= 4 is 28.3 Å². The summed E-state index contributed by atoms with van der Waals surface area (Å²) in [5.74, 6) is -1.34. The van der Waals surface area contributed by atoms with Gasteiger partial charge in [0.15, 0.2) is 6.61 Å². The maximum atomic E-state index is 12.2. The molecule has 5 heteroatoms. The molecule has 2 N–H and O–H groups in total. The van der Waals surface area contributed by atoms with Gasteiger partial charge in [0.2, 0.25) is 0 Å². The van der Waals surface area contributed by atoms with Crippen molar-refractivity contribution in [3.05, 3.63) is 71.3 Å². The molecule has 0 saturated carbocycles. The van der Waals surface area contributed by atoms with Crippen LogP contribution >= 0.6 is 0 Å². The molecule has 0 aliphatic carbocycles. The van der Waals surface area contributed by atoms with Crippen molar-refractivity contribution in [3.8, 4) is 5.75 Å². The summed E-state index contributed by atoms with van der Waals surface area (Å²) >= 11 is 0. The number of amides is 1. The lowest BCUT2D eigenvalue weighted by atomic mass is 10.1. The third-order valence-corrected chi connectivity index (χ3v) is 4.25. The average molecular weight is 349 g/mol. The third-order valence-electron chi connectivity index (χ3n) is 4.25. The number of rotatable bonds is 4. The summed E-state index contributed by atoms with van der Waals surface area (Å²) in [4.78, 5) is 24.2. The van der Waals surface area contributed by atoms with E-state index in [9.17, 15) is 14.7 Å². The highest BCUT2D eigenvalue weighted by Gasteiger charge is 2.16. The molecular formula is C21H19NO4. The van der Waals surface area contributed by atoms with Crippen molar-refractivity contribution in [1.29, 1.82) is 0 Å². The number of esters is 1. The maximum absolute atomic E-state index is 12.2. The number of anilines is 1. The minimum absolute atomic E-state index is 0.0303. The van der Waals surface area contributed by atoms with Gasteiger partial charge in [-0.05, 0) is 48.6 Å². The molecule has 0 aliphatic heterocycles. The van der Waals surface area contributed by atoms with E-state index < -0.39 is 18.5 Å². The van der Waals surface area contributed by atoms with Gasteiger partial charge in [-0.3, -0.25) is 4.79 Å². The van der Waals surface area contributed by atoms with E-state index in [0.29, 0.717) is 11.1 Å². The number of benzene rings is 3. The average Bonchev–Trinajstić information content (AvgIpc) is 2.63. The first kappa shape index (κ1) is 17.5. The van der Waals surface area contributed by atoms with Crippen LogP contribution in [0.2, 0.25) is 0 Å². The molecule has 0 saturated heterocycles. The van der Waals surface area contributed by atoms with Crippen molar-refractivity contribution < 1.29 is 19.4 Å². The number of nitrogens with one attached hydrogen (secondary N) is 1. The summed E-state index contributed by atoms with van der Waals surface area (Å²) < 4.78 is 5.03. The number of phenols is 1. The largest absolute Gasteiger partial charge is 0.506 e. The van der Waals surface area contributed by atoms with Crippen molar-refractivity contribution in [2.24, 2.45) is 0 Å². The number of carbonyl (C=O) groups is 2. The first-order chi connectivity index (χ1) is 12.5. The van der Waals surface area contributed by atoms with Gasteiger partial charge in [-0.1, -0.05) is 36.4 Å². The highest BCUT2D eigenvalue weighted by atomic mass is 16.5. The number of aromatic hydroxyl groups is 1. The number of carbonyl (C=O) groups excluding carboxylic acids is 2. The van der Waals surface area contributed by atoms with E-state index in [1.807, 2.05) is 38.1 Å². The summed E-state index contributed by atoms with van der Waals surface area (Å²) in [5.41, 5.74) is 2.85. The van der Waals surface area contributed by atoms with Crippen molar-refractivity contribution in [2.75, 3.05) is 11.9 Å². The Morgan fingerprint density at radius 2 is 1.77 bits per heavy atom. The lowest BCUT2D eigenvalue weighted by Crippen LogP contribution is -2.21. The van der Waals surface area contributed by atoms with E-state index in [0.717, 1.165) is 16.5 Å². The minimum Gasteiger partial charge on any atom is -0.506 e. The monoisotopic (exact) mass is 349 g/mol. The number of aryl methyl sites for hydroxylation is 2. The Hall–Kier alpha value is -3.34. The highest BCUT2D eigenvalue weighted by Crippen LogP contribution is 2.29. The van der Waals surface area contributed by atoms with Crippen molar-refractivity contribution in [1.82, 2.24) is 0 Å². The van der Waals surface area contributed by atoms with Crippen LogP contribution < -0.4 is 5.32 Å². The van der Waals surface area contributed by atoms with E-state index in [2.05, 4.69) is 5.32 Å². The molecule has 0 fully saturated rings. The summed E-state index contributed by atoms with van der Waals surface area (Å²) in [5, 5.41) is 14.3. The van der Waals surface area contributed by atoms with Crippen molar-refractivity contribution in [3.63, 3.8) is 0 Å². The van der Waals surface area contributed by atoms with Crippen LogP contribution in [0.3, 0.4) is 0 Å². The van der Waals surface area contributed by atoms with Crippen LogP contribution in [0.4, 0.5) is 5.69 Å². The Labute approximate surface area is 151 Å². The molecule has 26 heavy (non-hydrogen) atoms. The van der Waals surface area contributed by atoms with E-state index in [1.165, 1.54) is 6.07 Å². The molecular weight excluding hydrogens is 330 g/mol. The number of phenolic OH excluding ortho intramolecular Hbond substituents is 1. The second-order valence-corrected chi connectivity index (χ2v) is 6.11. The fourth-order valence-electron chi connectivity index (χ4n) is 2.64. The fourth-order valence-corrected chi connectivity index (χ4v) is 2.64. The lowest BCUT2D eigenvalue weighted by Gasteiger charge is -2.10. The molecule has 132 valence electrons. The van der Waals surface area contributed by atoms with Gasteiger partial charge in [-0.15, -0.1) is 0 Å². The summed E-state index contributed by atoms with van der Waals surface area (Å²) in [6, 6.07) is 15.9. The SMILES string of the molecule is Cc1ccc(NC(=O)COC(=O)c2ccc3ccccc3c2O)cc1C. The molecule has 0 bridgehead atoms. The number of hydrogen-bond donors (Lipinski definition) is 2. The van der Waals surface area contributed by atoms with Gasteiger partial charge in [0.1, 0.15) is 11.3 Å². The van der Waals surface area contributed by atoms with Crippen LogP contribution in [0.15, 0.2) is 54.6 Å². The molecule has 3 rings (SSSR count). The lowest BCUT2D eigenvalue weighted by molar-refractivity contribution is -0.119. The van der Waals surface area contributed by atoms with E-state index >= 15 is 0 Å². The zero-order valence-electron chi connectivity index (χ0n) is 14.6. The quantitative estimate of drug-likeness (QED) is 0.699. The van der Waals surface area contributed by atoms with Crippen LogP contribution in [-0.2, 0) is 9.53 Å². The van der Waals surface area contributed by atoms with E-state index in [-0.39, 0.29) is 11.3 Å². The van der Waals surface area contributed by atoms with Gasteiger partial charge < -0.3 is 15.2 Å². The Morgan fingerprint density at radius 1 is 1.00 bits per heavy atom. The summed E-state index contributed by atoms with van der Waals surface area (Å²) in [6.45, 7) is 3.50. The Balaban J connectivity index is 1.66. The molecule has 0 unspecified atom stereocenters. The van der Waals surface area contributed by atoms with Crippen molar-refractivity contribution in [2.45, 2.75) is 13.8 Å². The van der Waals surface area contributed by atoms with Gasteiger partial charge >= 0.3 is 5.97 Å². The predicted octanol–water partition coefficient (Wildman–Crippen LogP) is 3.96. The smallest absolute Gasteiger partial charge is 0.342 e. The normalized spacial score (nSPS) is 10.5. The molecule has 1 amide bonds. The molecule has 0 heterocycles. The fraction of sp³-hybridized carbons (Fsp3) is 0.143. The topological polar surface area (TPSA) is 75.6 Å². The second-order valence-electron chi connectivity index (χ2n) is 6.11.